The lowest BCUT2D eigenvalue weighted by Crippen LogP contribution is -2.49. The third kappa shape index (κ3) is 4.44. The van der Waals surface area contributed by atoms with Gasteiger partial charge in [0.2, 0.25) is 0 Å². The average molecular weight is 354 g/mol. The van der Waals surface area contributed by atoms with Crippen molar-refractivity contribution in [3.63, 3.8) is 0 Å². The molecular formula is C17H28BrN3. The van der Waals surface area contributed by atoms with E-state index in [0.717, 1.165) is 43.5 Å². The number of piperazine rings is 1. The fourth-order valence-electron chi connectivity index (χ4n) is 2.91. The van der Waals surface area contributed by atoms with Crippen molar-refractivity contribution in [3.05, 3.63) is 28.2 Å². The van der Waals surface area contributed by atoms with Gasteiger partial charge in [0.25, 0.3) is 0 Å². The lowest BCUT2D eigenvalue weighted by atomic mass is 10.0. The third-order valence-electron chi connectivity index (χ3n) is 4.44. The monoisotopic (exact) mass is 353 g/mol. The molecule has 4 heteroatoms. The molecule has 1 heterocycles. The molecule has 1 fully saturated rings. The quantitative estimate of drug-likeness (QED) is 0.881. The number of hydrogen-bond acceptors (Lipinski definition) is 3. The molecule has 3 nitrogen and oxygen atoms in total. The molecule has 0 amide bonds. The normalized spacial score (nSPS) is 18.3. The van der Waals surface area contributed by atoms with E-state index in [2.05, 4.69) is 64.7 Å². The lowest BCUT2D eigenvalue weighted by molar-refractivity contribution is 0.209. The summed E-state index contributed by atoms with van der Waals surface area (Å²) in [6.45, 7) is 11.2. The molecule has 0 saturated carbocycles. The van der Waals surface area contributed by atoms with Crippen LogP contribution in [-0.4, -0.2) is 43.2 Å². The van der Waals surface area contributed by atoms with Crippen molar-refractivity contribution in [2.45, 2.75) is 45.7 Å². The molecule has 2 rings (SSSR count). The largest absolute Gasteiger partial charge is 0.369 e. The van der Waals surface area contributed by atoms with Crippen LogP contribution in [0.4, 0.5) is 5.69 Å². The van der Waals surface area contributed by atoms with Gasteiger partial charge >= 0.3 is 0 Å². The minimum atomic E-state index is 0.252. The maximum Gasteiger partial charge on any atom is 0.0411 e. The molecular weight excluding hydrogens is 326 g/mol. The molecule has 2 N–H and O–H groups in total. The number of rotatable bonds is 5. The summed E-state index contributed by atoms with van der Waals surface area (Å²) in [7, 11) is 0. The van der Waals surface area contributed by atoms with Crippen molar-refractivity contribution < 1.29 is 0 Å². The molecule has 0 spiro atoms. The molecule has 1 unspecified atom stereocenters. The van der Waals surface area contributed by atoms with Crippen LogP contribution in [0.25, 0.3) is 0 Å². The summed E-state index contributed by atoms with van der Waals surface area (Å²) in [6, 6.07) is 7.50. The highest BCUT2D eigenvalue weighted by molar-refractivity contribution is 9.10. The van der Waals surface area contributed by atoms with Gasteiger partial charge in [-0.05, 0) is 44.4 Å². The molecule has 1 aromatic carbocycles. The van der Waals surface area contributed by atoms with Crippen molar-refractivity contribution in [1.82, 2.24) is 4.90 Å². The highest BCUT2D eigenvalue weighted by atomic mass is 79.9. The first kappa shape index (κ1) is 16.8. The second-order valence-electron chi connectivity index (χ2n) is 6.26. The van der Waals surface area contributed by atoms with Gasteiger partial charge in [-0.3, -0.25) is 4.90 Å². The van der Waals surface area contributed by atoms with Gasteiger partial charge in [0.15, 0.2) is 0 Å². The smallest absolute Gasteiger partial charge is 0.0411 e. The highest BCUT2D eigenvalue weighted by Crippen LogP contribution is 2.27. The van der Waals surface area contributed by atoms with Gasteiger partial charge in [-0.25, -0.2) is 0 Å². The Morgan fingerprint density at radius 1 is 1.19 bits per heavy atom. The van der Waals surface area contributed by atoms with E-state index < -0.39 is 0 Å². The van der Waals surface area contributed by atoms with Gasteiger partial charge in [0.1, 0.15) is 0 Å². The Morgan fingerprint density at radius 3 is 2.43 bits per heavy atom. The van der Waals surface area contributed by atoms with E-state index in [4.69, 9.17) is 5.73 Å². The summed E-state index contributed by atoms with van der Waals surface area (Å²) in [4.78, 5) is 5.06. The van der Waals surface area contributed by atoms with Gasteiger partial charge in [-0.1, -0.05) is 28.9 Å². The van der Waals surface area contributed by atoms with E-state index in [1.165, 1.54) is 11.3 Å². The van der Waals surface area contributed by atoms with Crippen LogP contribution in [0.1, 0.15) is 32.8 Å². The Bertz CT molecular complexity index is 453. The predicted octanol–water partition coefficient (Wildman–Crippen LogP) is 3.26. The second kappa shape index (κ2) is 7.61. The van der Waals surface area contributed by atoms with Crippen LogP contribution in [0.15, 0.2) is 22.7 Å². The summed E-state index contributed by atoms with van der Waals surface area (Å²) in [5.41, 5.74) is 8.90. The fourth-order valence-corrected chi connectivity index (χ4v) is 3.26. The SMILES string of the molecule is CCC(N)Cc1ccc(Br)cc1N1CCN(C(C)C)CC1. The Balaban J connectivity index is 2.13. The number of benzene rings is 1. The molecule has 0 radical (unpaired) electrons. The van der Waals surface area contributed by atoms with Crippen LogP contribution < -0.4 is 10.6 Å². The zero-order valence-corrected chi connectivity index (χ0v) is 15.1. The Hall–Kier alpha value is -0.580. The van der Waals surface area contributed by atoms with Gasteiger partial charge in [0.05, 0.1) is 0 Å². The first-order valence-electron chi connectivity index (χ1n) is 8.04. The van der Waals surface area contributed by atoms with Crippen molar-refractivity contribution in [1.29, 1.82) is 0 Å². The minimum absolute atomic E-state index is 0.252. The molecule has 1 atom stereocenters. The van der Waals surface area contributed by atoms with Gasteiger partial charge in [0, 0.05) is 48.4 Å². The molecule has 1 aliphatic rings. The van der Waals surface area contributed by atoms with E-state index in [9.17, 15) is 0 Å². The number of nitrogens with two attached hydrogens (primary N) is 1. The Morgan fingerprint density at radius 2 is 1.86 bits per heavy atom. The number of hydrogen-bond donors (Lipinski definition) is 1. The van der Waals surface area contributed by atoms with Crippen molar-refractivity contribution in [2.24, 2.45) is 5.73 Å². The third-order valence-corrected chi connectivity index (χ3v) is 4.93. The topological polar surface area (TPSA) is 32.5 Å². The predicted molar refractivity (Wildman–Crippen MR) is 95.0 cm³/mol. The molecule has 118 valence electrons. The summed E-state index contributed by atoms with van der Waals surface area (Å²) < 4.78 is 1.15. The van der Waals surface area contributed by atoms with Crippen LogP contribution in [-0.2, 0) is 6.42 Å². The molecule has 1 aliphatic heterocycles. The van der Waals surface area contributed by atoms with Crippen LogP contribution in [0.2, 0.25) is 0 Å². The van der Waals surface area contributed by atoms with E-state index in [1.54, 1.807) is 0 Å². The molecule has 0 aliphatic carbocycles. The minimum Gasteiger partial charge on any atom is -0.369 e. The van der Waals surface area contributed by atoms with E-state index in [0.29, 0.717) is 6.04 Å². The summed E-state index contributed by atoms with van der Waals surface area (Å²) >= 11 is 3.61. The molecule has 21 heavy (non-hydrogen) atoms. The molecule has 1 saturated heterocycles. The van der Waals surface area contributed by atoms with Crippen LogP contribution >= 0.6 is 15.9 Å². The standard InChI is InChI=1S/C17H28BrN3/c1-4-16(19)11-14-5-6-15(18)12-17(14)21-9-7-20(8-10-21)13(2)3/h5-6,12-13,16H,4,7-11,19H2,1-3H3. The number of anilines is 1. The van der Waals surface area contributed by atoms with Crippen molar-refractivity contribution >= 4 is 21.6 Å². The van der Waals surface area contributed by atoms with Gasteiger partial charge in [-0.15, -0.1) is 0 Å². The Kier molecular flexibility index (Phi) is 6.08. The maximum atomic E-state index is 6.16. The zero-order valence-electron chi connectivity index (χ0n) is 13.5. The Labute approximate surface area is 137 Å². The van der Waals surface area contributed by atoms with Gasteiger partial charge < -0.3 is 10.6 Å². The summed E-state index contributed by atoms with van der Waals surface area (Å²) in [6.07, 6.45) is 1.99. The number of halogens is 1. The first-order valence-corrected chi connectivity index (χ1v) is 8.83. The van der Waals surface area contributed by atoms with E-state index >= 15 is 0 Å². The van der Waals surface area contributed by atoms with Crippen molar-refractivity contribution in [2.75, 3.05) is 31.1 Å². The fraction of sp³-hybridized carbons (Fsp3) is 0.647. The van der Waals surface area contributed by atoms with Crippen molar-refractivity contribution in [3.8, 4) is 0 Å². The van der Waals surface area contributed by atoms with Gasteiger partial charge in [-0.2, -0.15) is 0 Å². The van der Waals surface area contributed by atoms with Crippen LogP contribution in [0.3, 0.4) is 0 Å². The molecule has 0 aromatic heterocycles. The highest BCUT2D eigenvalue weighted by Gasteiger charge is 2.21. The molecule has 0 bridgehead atoms. The lowest BCUT2D eigenvalue weighted by Gasteiger charge is -2.39. The van der Waals surface area contributed by atoms with Crippen LogP contribution in [0, 0.1) is 0 Å². The number of nitrogens with zero attached hydrogens (tertiary/aromatic N) is 2. The summed E-state index contributed by atoms with van der Waals surface area (Å²) in [5.74, 6) is 0. The first-order chi connectivity index (χ1) is 10.0. The van der Waals surface area contributed by atoms with E-state index in [1.807, 2.05) is 0 Å². The van der Waals surface area contributed by atoms with E-state index in [-0.39, 0.29) is 6.04 Å². The van der Waals surface area contributed by atoms with Crippen LogP contribution in [0.5, 0.6) is 0 Å². The maximum absolute atomic E-state index is 6.16. The second-order valence-corrected chi connectivity index (χ2v) is 7.18. The zero-order chi connectivity index (χ0) is 15.4. The average Bonchev–Trinajstić information content (AvgIpc) is 2.49. The summed E-state index contributed by atoms with van der Waals surface area (Å²) in [5, 5.41) is 0. The molecule has 1 aromatic rings.